The fourth-order valence-corrected chi connectivity index (χ4v) is 2.95. The molecule has 1 rings (SSSR count). The molecule has 0 bridgehead atoms. The average molecular weight is 318 g/mol. The third-order valence-electron chi connectivity index (χ3n) is 2.66. The molecule has 0 saturated carbocycles. The van der Waals surface area contributed by atoms with Gasteiger partial charge in [0.05, 0.1) is 12.0 Å². The summed E-state index contributed by atoms with van der Waals surface area (Å²) < 4.78 is 31.7. The summed E-state index contributed by atoms with van der Waals surface area (Å²) in [6.07, 6.45) is 0.889. The Morgan fingerprint density at radius 1 is 1.40 bits per heavy atom. The molecule has 8 heteroatoms. The van der Waals surface area contributed by atoms with E-state index in [1.807, 2.05) is 5.48 Å². The summed E-state index contributed by atoms with van der Waals surface area (Å²) in [5.74, 6) is 0.594. The Bertz CT molecular complexity index is 543. The lowest BCUT2D eigenvalue weighted by atomic mass is 10.2. The maximum absolute atomic E-state index is 12.1. The highest BCUT2D eigenvalue weighted by Crippen LogP contribution is 2.16. The van der Waals surface area contributed by atoms with Gasteiger partial charge >= 0.3 is 0 Å². The molecule has 0 radical (unpaired) electrons. The van der Waals surface area contributed by atoms with Crippen LogP contribution in [-0.4, -0.2) is 31.8 Å². The maximum Gasteiger partial charge on any atom is 0.240 e. The van der Waals surface area contributed by atoms with E-state index in [2.05, 4.69) is 4.72 Å². The van der Waals surface area contributed by atoms with Crippen LogP contribution < -0.4 is 14.9 Å². The van der Waals surface area contributed by atoms with Crippen LogP contribution in [0.2, 0.25) is 0 Å². The van der Waals surface area contributed by atoms with Crippen molar-refractivity contribution in [1.29, 1.82) is 0 Å². The fraction of sp³-hybridized carbons (Fsp3) is 0.417. The van der Waals surface area contributed by atoms with E-state index in [1.54, 1.807) is 19.1 Å². The van der Waals surface area contributed by atoms with Gasteiger partial charge in [0.2, 0.25) is 10.0 Å². The van der Waals surface area contributed by atoms with Crippen molar-refractivity contribution in [1.82, 2.24) is 10.2 Å². The molecule has 1 aromatic carbocycles. The van der Waals surface area contributed by atoms with E-state index in [-0.39, 0.29) is 15.9 Å². The lowest BCUT2D eigenvalue weighted by molar-refractivity contribution is 0.234. The van der Waals surface area contributed by atoms with Crippen molar-refractivity contribution < 1.29 is 18.4 Å². The Hall–Kier alpha value is -1.22. The number of nitrogens with one attached hydrogen (secondary N) is 2. The summed E-state index contributed by atoms with van der Waals surface area (Å²) in [5, 5.41) is 8.57. The zero-order valence-electron chi connectivity index (χ0n) is 11.3. The van der Waals surface area contributed by atoms with Gasteiger partial charge in [-0.1, -0.05) is 12.2 Å². The highest BCUT2D eigenvalue weighted by Gasteiger charge is 2.17. The molecule has 0 aliphatic rings. The summed E-state index contributed by atoms with van der Waals surface area (Å²) in [6, 6.07) is 5.84. The van der Waals surface area contributed by atoms with E-state index in [1.165, 1.54) is 19.2 Å². The molecular formula is C12H18N2O4S2. The zero-order valence-corrected chi connectivity index (χ0v) is 12.9. The van der Waals surface area contributed by atoms with Gasteiger partial charge in [-0.05, 0) is 37.6 Å². The molecule has 0 saturated heterocycles. The number of sulfonamides is 1. The molecule has 0 aliphatic heterocycles. The van der Waals surface area contributed by atoms with Crippen LogP contribution in [0.3, 0.4) is 0 Å². The van der Waals surface area contributed by atoms with Crippen LogP contribution in [0.5, 0.6) is 5.75 Å². The predicted molar refractivity (Wildman–Crippen MR) is 79.5 cm³/mol. The highest BCUT2D eigenvalue weighted by molar-refractivity contribution is 7.89. The van der Waals surface area contributed by atoms with Crippen LogP contribution in [0.15, 0.2) is 29.2 Å². The van der Waals surface area contributed by atoms with E-state index in [0.29, 0.717) is 18.6 Å². The molecule has 0 amide bonds. The molecule has 1 aromatic rings. The van der Waals surface area contributed by atoms with Gasteiger partial charge in [-0.15, -0.1) is 0 Å². The van der Waals surface area contributed by atoms with Crippen LogP contribution >= 0.6 is 12.2 Å². The molecule has 3 N–H and O–H groups in total. The SMILES string of the molecule is COc1ccc(S(=O)(=O)NC(C)CCC(=S)NO)cc1. The van der Waals surface area contributed by atoms with Gasteiger partial charge in [-0.25, -0.2) is 13.1 Å². The first-order chi connectivity index (χ1) is 9.39. The average Bonchev–Trinajstić information content (AvgIpc) is 2.44. The van der Waals surface area contributed by atoms with E-state index in [9.17, 15) is 8.42 Å². The van der Waals surface area contributed by atoms with Crippen molar-refractivity contribution >= 4 is 27.2 Å². The van der Waals surface area contributed by atoms with E-state index in [0.717, 1.165) is 0 Å². The molecule has 1 unspecified atom stereocenters. The molecule has 20 heavy (non-hydrogen) atoms. The lowest BCUT2D eigenvalue weighted by Gasteiger charge is -2.14. The highest BCUT2D eigenvalue weighted by atomic mass is 32.2. The normalized spacial score (nSPS) is 12.8. The lowest BCUT2D eigenvalue weighted by Crippen LogP contribution is -2.33. The number of hydrogen-bond acceptors (Lipinski definition) is 5. The smallest absolute Gasteiger partial charge is 0.240 e. The Morgan fingerprint density at radius 3 is 2.50 bits per heavy atom. The molecule has 0 heterocycles. The number of methoxy groups -OCH3 is 1. The van der Waals surface area contributed by atoms with Crippen LogP contribution in [0.25, 0.3) is 0 Å². The third-order valence-corrected chi connectivity index (χ3v) is 4.56. The minimum Gasteiger partial charge on any atom is -0.497 e. The second kappa shape index (κ2) is 7.53. The van der Waals surface area contributed by atoms with Crippen molar-refractivity contribution in [2.75, 3.05) is 7.11 Å². The van der Waals surface area contributed by atoms with Crippen LogP contribution in [0.1, 0.15) is 19.8 Å². The zero-order chi connectivity index (χ0) is 15.2. The first-order valence-corrected chi connectivity index (χ1v) is 7.87. The Labute approximate surface area is 124 Å². The minimum absolute atomic E-state index is 0.174. The predicted octanol–water partition coefficient (Wildman–Crippen LogP) is 1.45. The van der Waals surface area contributed by atoms with E-state index < -0.39 is 10.0 Å². The van der Waals surface area contributed by atoms with E-state index in [4.69, 9.17) is 22.2 Å². The number of hydrogen-bond donors (Lipinski definition) is 3. The molecule has 0 spiro atoms. The first-order valence-electron chi connectivity index (χ1n) is 5.98. The van der Waals surface area contributed by atoms with Crippen LogP contribution in [0, 0.1) is 0 Å². The second-order valence-corrected chi connectivity index (χ2v) is 6.48. The van der Waals surface area contributed by atoms with Crippen LogP contribution in [-0.2, 0) is 10.0 Å². The molecule has 6 nitrogen and oxygen atoms in total. The largest absolute Gasteiger partial charge is 0.497 e. The van der Waals surface area contributed by atoms with Gasteiger partial charge in [0.25, 0.3) is 0 Å². The van der Waals surface area contributed by atoms with Gasteiger partial charge in [-0.3, -0.25) is 10.7 Å². The van der Waals surface area contributed by atoms with Gasteiger partial charge < -0.3 is 4.74 Å². The van der Waals surface area contributed by atoms with Crippen molar-refractivity contribution in [3.8, 4) is 5.75 Å². The topological polar surface area (TPSA) is 87.7 Å². The molecule has 0 aromatic heterocycles. The van der Waals surface area contributed by atoms with E-state index >= 15 is 0 Å². The number of thiocarbonyl (C=S) groups is 1. The Kier molecular flexibility index (Phi) is 6.34. The Morgan fingerprint density at radius 2 is 2.00 bits per heavy atom. The Balaban J connectivity index is 2.66. The monoisotopic (exact) mass is 318 g/mol. The van der Waals surface area contributed by atoms with Crippen molar-refractivity contribution in [3.63, 3.8) is 0 Å². The molecular weight excluding hydrogens is 300 g/mol. The number of hydroxylamine groups is 1. The summed E-state index contributed by atoms with van der Waals surface area (Å²) in [7, 11) is -2.06. The molecule has 1 atom stereocenters. The summed E-state index contributed by atoms with van der Waals surface area (Å²) in [4.78, 5) is 0.452. The first kappa shape index (κ1) is 16.8. The van der Waals surface area contributed by atoms with Gasteiger partial charge in [-0.2, -0.15) is 0 Å². The second-order valence-electron chi connectivity index (χ2n) is 4.27. The van der Waals surface area contributed by atoms with Gasteiger partial charge in [0.15, 0.2) is 0 Å². The standard InChI is InChI=1S/C12H18N2O4S2/c1-9(3-8-12(19)13-15)14-20(16,17)11-6-4-10(18-2)5-7-11/h4-7,9,14-15H,3,8H2,1-2H3,(H,13,19). The maximum atomic E-state index is 12.1. The molecule has 112 valence electrons. The van der Waals surface area contributed by atoms with Crippen molar-refractivity contribution in [2.24, 2.45) is 0 Å². The summed E-state index contributed by atoms with van der Waals surface area (Å²) in [6.45, 7) is 1.74. The van der Waals surface area contributed by atoms with Crippen LogP contribution in [0.4, 0.5) is 0 Å². The molecule has 0 fully saturated rings. The number of benzene rings is 1. The summed E-state index contributed by atoms with van der Waals surface area (Å²) >= 11 is 4.78. The number of ether oxygens (including phenoxy) is 1. The minimum atomic E-state index is -3.57. The number of rotatable bonds is 7. The third kappa shape index (κ3) is 5.04. The fourth-order valence-electron chi connectivity index (χ4n) is 1.55. The molecule has 0 aliphatic carbocycles. The van der Waals surface area contributed by atoms with Crippen molar-refractivity contribution in [3.05, 3.63) is 24.3 Å². The van der Waals surface area contributed by atoms with Gasteiger partial charge in [0, 0.05) is 12.5 Å². The quantitative estimate of drug-likeness (QED) is 0.521. The van der Waals surface area contributed by atoms with Gasteiger partial charge in [0.1, 0.15) is 10.7 Å². The summed E-state index contributed by atoms with van der Waals surface area (Å²) in [5.41, 5.74) is 1.87. The van der Waals surface area contributed by atoms with Crippen molar-refractivity contribution in [2.45, 2.75) is 30.7 Å².